The number of anilines is 1. The van der Waals surface area contributed by atoms with Crippen LogP contribution in [0.1, 0.15) is 12.7 Å². The van der Waals surface area contributed by atoms with Gasteiger partial charge in [0.05, 0.1) is 22.9 Å². The van der Waals surface area contributed by atoms with E-state index in [2.05, 4.69) is 38.8 Å². The van der Waals surface area contributed by atoms with Crippen molar-refractivity contribution in [2.75, 3.05) is 37.6 Å². The van der Waals surface area contributed by atoms with Gasteiger partial charge in [0.1, 0.15) is 5.82 Å². The number of rotatable bonds is 5. The summed E-state index contributed by atoms with van der Waals surface area (Å²) in [4.78, 5) is 25.6. The third kappa shape index (κ3) is 3.78. The van der Waals surface area contributed by atoms with Crippen LogP contribution in [0.2, 0.25) is 0 Å². The summed E-state index contributed by atoms with van der Waals surface area (Å²) in [6.07, 6.45) is 4.37. The summed E-state index contributed by atoms with van der Waals surface area (Å²) in [7, 11) is 0. The predicted octanol–water partition coefficient (Wildman–Crippen LogP) is 2.53. The Morgan fingerprint density at radius 3 is 2.68 bits per heavy atom. The zero-order valence-electron chi connectivity index (χ0n) is 16.2. The Hall–Kier alpha value is -3.09. The molecule has 3 heterocycles. The van der Waals surface area contributed by atoms with E-state index in [1.54, 1.807) is 6.20 Å². The molecule has 146 valence electrons. The van der Waals surface area contributed by atoms with Crippen LogP contribution in [0.3, 0.4) is 0 Å². The van der Waals surface area contributed by atoms with Crippen LogP contribution >= 0.6 is 0 Å². The first-order chi connectivity index (χ1) is 13.8. The van der Waals surface area contributed by atoms with Gasteiger partial charge in [-0.2, -0.15) is 0 Å². The normalized spacial score (nSPS) is 14.5. The number of fused-ring (bicyclic) bond motifs is 1. The Bertz CT molecular complexity index is 930. The van der Waals surface area contributed by atoms with E-state index in [4.69, 9.17) is 4.98 Å². The summed E-state index contributed by atoms with van der Waals surface area (Å²) in [5.74, 6) is 1.02. The zero-order valence-corrected chi connectivity index (χ0v) is 16.2. The molecule has 0 unspecified atom stereocenters. The lowest BCUT2D eigenvalue weighted by atomic mass is 10.3. The maximum atomic E-state index is 12.5. The summed E-state index contributed by atoms with van der Waals surface area (Å²) in [6, 6.07) is 12.2. The van der Waals surface area contributed by atoms with Crippen LogP contribution < -0.4 is 10.2 Å². The molecule has 1 N–H and O–H groups in total. The van der Waals surface area contributed by atoms with E-state index in [0.29, 0.717) is 19.6 Å². The van der Waals surface area contributed by atoms with Crippen molar-refractivity contribution in [1.29, 1.82) is 0 Å². The molecule has 0 bridgehead atoms. The van der Waals surface area contributed by atoms with E-state index in [-0.39, 0.29) is 6.03 Å². The van der Waals surface area contributed by atoms with Crippen molar-refractivity contribution in [3.8, 4) is 0 Å². The van der Waals surface area contributed by atoms with Crippen LogP contribution in [0.5, 0.6) is 0 Å². The van der Waals surface area contributed by atoms with Gasteiger partial charge in [-0.15, -0.1) is 0 Å². The van der Waals surface area contributed by atoms with Crippen molar-refractivity contribution < 1.29 is 4.79 Å². The van der Waals surface area contributed by atoms with Gasteiger partial charge in [0.2, 0.25) is 0 Å². The van der Waals surface area contributed by atoms with Gasteiger partial charge in [-0.1, -0.05) is 12.1 Å². The van der Waals surface area contributed by atoms with Gasteiger partial charge in [0.25, 0.3) is 0 Å². The molecule has 0 radical (unpaired) electrons. The predicted molar refractivity (Wildman–Crippen MR) is 111 cm³/mol. The molecule has 0 aliphatic carbocycles. The molecule has 3 aromatic rings. The fraction of sp³-hybridized carbons (Fsp3) is 0.381. The Morgan fingerprint density at radius 1 is 1.11 bits per heavy atom. The summed E-state index contributed by atoms with van der Waals surface area (Å²) in [6.45, 7) is 6.67. The quantitative estimate of drug-likeness (QED) is 0.741. The van der Waals surface area contributed by atoms with E-state index in [0.717, 1.165) is 48.6 Å². The van der Waals surface area contributed by atoms with E-state index < -0.39 is 0 Å². The molecule has 1 aliphatic rings. The van der Waals surface area contributed by atoms with Crippen molar-refractivity contribution in [3.05, 3.63) is 54.6 Å². The molecule has 28 heavy (non-hydrogen) atoms. The number of hydrogen-bond acceptors (Lipinski definition) is 4. The summed E-state index contributed by atoms with van der Waals surface area (Å²) in [5.41, 5.74) is 3.27. The SMILES string of the molecule is CCn1c(CCNC(=O)N2CCN(c3cccnc3)CC2)nc2ccccc21. The first-order valence-corrected chi connectivity index (χ1v) is 9.88. The second-order valence-electron chi connectivity index (χ2n) is 6.93. The first-order valence-electron chi connectivity index (χ1n) is 9.88. The van der Waals surface area contributed by atoms with Crippen LogP contribution in [-0.4, -0.2) is 58.2 Å². The molecule has 1 aromatic carbocycles. The highest BCUT2D eigenvalue weighted by Crippen LogP contribution is 2.16. The van der Waals surface area contributed by atoms with Crippen molar-refractivity contribution in [2.24, 2.45) is 0 Å². The van der Waals surface area contributed by atoms with Gasteiger partial charge >= 0.3 is 6.03 Å². The summed E-state index contributed by atoms with van der Waals surface area (Å²) < 4.78 is 2.22. The lowest BCUT2D eigenvalue weighted by Gasteiger charge is -2.35. The zero-order chi connectivity index (χ0) is 19.3. The molecule has 2 aromatic heterocycles. The molecule has 4 rings (SSSR count). The Morgan fingerprint density at radius 2 is 1.93 bits per heavy atom. The Kier molecular flexibility index (Phi) is 5.41. The highest BCUT2D eigenvalue weighted by molar-refractivity contribution is 5.76. The van der Waals surface area contributed by atoms with Gasteiger partial charge in [-0.25, -0.2) is 9.78 Å². The number of aryl methyl sites for hydroxylation is 1. The number of para-hydroxylation sites is 2. The van der Waals surface area contributed by atoms with Crippen molar-refractivity contribution >= 4 is 22.8 Å². The number of nitrogens with zero attached hydrogens (tertiary/aromatic N) is 5. The second-order valence-corrected chi connectivity index (χ2v) is 6.93. The van der Waals surface area contributed by atoms with Gasteiger partial charge in [-0.3, -0.25) is 4.98 Å². The molecule has 1 aliphatic heterocycles. The van der Waals surface area contributed by atoms with E-state index in [9.17, 15) is 4.79 Å². The molecule has 0 spiro atoms. The highest BCUT2D eigenvalue weighted by atomic mass is 16.2. The second kappa shape index (κ2) is 8.29. The minimum Gasteiger partial charge on any atom is -0.367 e. The average molecular weight is 378 g/mol. The van der Waals surface area contributed by atoms with Crippen LogP contribution in [0.15, 0.2) is 48.8 Å². The number of aromatic nitrogens is 3. The largest absolute Gasteiger partial charge is 0.367 e. The van der Waals surface area contributed by atoms with Crippen LogP contribution in [0.25, 0.3) is 11.0 Å². The van der Waals surface area contributed by atoms with Gasteiger partial charge < -0.3 is 19.7 Å². The lowest BCUT2D eigenvalue weighted by Crippen LogP contribution is -2.52. The molecule has 1 saturated heterocycles. The summed E-state index contributed by atoms with van der Waals surface area (Å²) in [5, 5.41) is 3.05. The fourth-order valence-electron chi connectivity index (χ4n) is 3.77. The molecular formula is C21H26N6O. The lowest BCUT2D eigenvalue weighted by molar-refractivity contribution is 0.194. The number of benzene rings is 1. The molecule has 7 nitrogen and oxygen atoms in total. The topological polar surface area (TPSA) is 66.3 Å². The molecule has 1 fully saturated rings. The number of imidazole rings is 1. The smallest absolute Gasteiger partial charge is 0.317 e. The molecule has 0 atom stereocenters. The maximum absolute atomic E-state index is 12.5. The molecule has 0 saturated carbocycles. The van der Waals surface area contributed by atoms with Crippen molar-refractivity contribution in [1.82, 2.24) is 24.8 Å². The number of piperazine rings is 1. The fourth-order valence-corrected chi connectivity index (χ4v) is 3.77. The van der Waals surface area contributed by atoms with Crippen LogP contribution in [0, 0.1) is 0 Å². The van der Waals surface area contributed by atoms with Crippen LogP contribution in [-0.2, 0) is 13.0 Å². The molecular weight excluding hydrogens is 352 g/mol. The summed E-state index contributed by atoms with van der Waals surface area (Å²) >= 11 is 0. The number of hydrogen-bond donors (Lipinski definition) is 1. The number of nitrogens with one attached hydrogen (secondary N) is 1. The number of carbonyl (C=O) groups excluding carboxylic acids is 1. The third-order valence-electron chi connectivity index (χ3n) is 5.25. The van der Waals surface area contributed by atoms with Gasteiger partial charge in [0.15, 0.2) is 0 Å². The van der Waals surface area contributed by atoms with E-state index >= 15 is 0 Å². The number of urea groups is 1. The minimum atomic E-state index is 0.00463. The standard InChI is InChI=1S/C21H26N6O/c1-2-27-19-8-4-3-7-18(19)24-20(27)9-11-23-21(28)26-14-12-25(13-15-26)17-6-5-10-22-16-17/h3-8,10,16H,2,9,11-15H2,1H3,(H,23,28). The van der Waals surface area contributed by atoms with Crippen molar-refractivity contribution in [2.45, 2.75) is 19.9 Å². The first kappa shape index (κ1) is 18.3. The third-order valence-corrected chi connectivity index (χ3v) is 5.25. The minimum absolute atomic E-state index is 0.00463. The average Bonchev–Trinajstić information content (AvgIpc) is 3.11. The van der Waals surface area contributed by atoms with Gasteiger partial charge in [0, 0.05) is 51.9 Å². The monoisotopic (exact) mass is 378 g/mol. The van der Waals surface area contributed by atoms with Crippen LogP contribution in [0.4, 0.5) is 10.5 Å². The number of amides is 2. The van der Waals surface area contributed by atoms with E-state index in [1.165, 1.54) is 0 Å². The molecule has 7 heteroatoms. The Balaban J connectivity index is 1.29. The molecule has 2 amide bonds. The Labute approximate surface area is 165 Å². The maximum Gasteiger partial charge on any atom is 0.317 e. The van der Waals surface area contributed by atoms with E-state index in [1.807, 2.05) is 35.4 Å². The van der Waals surface area contributed by atoms with Crippen molar-refractivity contribution in [3.63, 3.8) is 0 Å². The number of carbonyl (C=O) groups is 1. The number of pyridine rings is 1. The highest BCUT2D eigenvalue weighted by Gasteiger charge is 2.21. The van der Waals surface area contributed by atoms with Gasteiger partial charge in [-0.05, 0) is 31.2 Å².